The number of esters is 1. The van der Waals surface area contributed by atoms with E-state index in [1.807, 2.05) is 0 Å². The summed E-state index contributed by atoms with van der Waals surface area (Å²) in [6.45, 7) is 0. The molecule has 0 amide bonds. The fraction of sp³-hybridized carbons (Fsp3) is 0.0870. The third-order valence-corrected chi connectivity index (χ3v) is 4.35. The van der Waals surface area contributed by atoms with Gasteiger partial charge in [-0.05, 0) is 48.5 Å². The van der Waals surface area contributed by atoms with E-state index in [0.29, 0.717) is 17.2 Å². The molecule has 0 saturated heterocycles. The molecule has 31 heavy (non-hydrogen) atoms. The standard InChI is InChI=1S/C23H21N3O5/c1-29-16-11-12-20(30-2)19(13-16)21(27)17-5-3-4-6-18(17)22(28)31-15-9-7-14(8-10-15)26-23(24)25/h3-13H,1-2H3,(H4,24,25,26). The van der Waals surface area contributed by atoms with Crippen molar-refractivity contribution >= 4 is 23.4 Å². The molecule has 0 aliphatic heterocycles. The molecule has 0 aliphatic carbocycles. The maximum Gasteiger partial charge on any atom is 0.344 e. The van der Waals surface area contributed by atoms with Crippen molar-refractivity contribution in [2.75, 3.05) is 14.2 Å². The van der Waals surface area contributed by atoms with Crippen LogP contribution in [0.2, 0.25) is 0 Å². The number of rotatable bonds is 7. The molecular weight excluding hydrogens is 398 g/mol. The Bertz CT molecular complexity index is 1140. The zero-order chi connectivity index (χ0) is 22.4. The third kappa shape index (κ3) is 4.99. The number of benzene rings is 3. The van der Waals surface area contributed by atoms with E-state index in [1.54, 1.807) is 60.7 Å². The van der Waals surface area contributed by atoms with Crippen LogP contribution in [-0.4, -0.2) is 31.9 Å². The van der Waals surface area contributed by atoms with Gasteiger partial charge in [-0.15, -0.1) is 0 Å². The Morgan fingerprint density at radius 3 is 2.03 bits per heavy atom. The molecule has 4 N–H and O–H groups in total. The number of carbonyl (C=O) groups is 2. The predicted octanol–water partition coefficient (Wildman–Crippen LogP) is 3.06. The molecule has 3 aromatic rings. The second kappa shape index (κ2) is 9.45. The van der Waals surface area contributed by atoms with Crippen molar-refractivity contribution < 1.29 is 23.8 Å². The van der Waals surface area contributed by atoms with Gasteiger partial charge in [-0.2, -0.15) is 0 Å². The molecule has 0 saturated carbocycles. The van der Waals surface area contributed by atoms with Crippen molar-refractivity contribution in [3.05, 3.63) is 83.4 Å². The fourth-order valence-corrected chi connectivity index (χ4v) is 2.90. The SMILES string of the molecule is COc1ccc(OC)c(C(=O)c2ccccc2C(=O)Oc2ccc(N=C(N)N)cc2)c1. The van der Waals surface area contributed by atoms with Gasteiger partial charge in [0.05, 0.1) is 31.0 Å². The number of guanidine groups is 1. The summed E-state index contributed by atoms with van der Waals surface area (Å²) < 4.78 is 15.9. The number of nitrogens with zero attached hydrogens (tertiary/aromatic N) is 1. The Kier molecular flexibility index (Phi) is 6.51. The predicted molar refractivity (Wildman–Crippen MR) is 116 cm³/mol. The molecule has 158 valence electrons. The molecule has 0 atom stereocenters. The van der Waals surface area contributed by atoms with E-state index in [9.17, 15) is 9.59 Å². The van der Waals surface area contributed by atoms with E-state index < -0.39 is 11.8 Å². The molecule has 8 heteroatoms. The molecular formula is C23H21N3O5. The van der Waals surface area contributed by atoms with Crippen LogP contribution in [0.1, 0.15) is 26.3 Å². The van der Waals surface area contributed by atoms with Gasteiger partial charge < -0.3 is 25.7 Å². The number of ketones is 1. The minimum Gasteiger partial charge on any atom is -0.497 e. The summed E-state index contributed by atoms with van der Waals surface area (Å²) in [6, 6.07) is 17.6. The quantitative estimate of drug-likeness (QED) is 0.198. The van der Waals surface area contributed by atoms with Crippen molar-refractivity contribution in [1.82, 2.24) is 0 Å². The number of methoxy groups -OCH3 is 2. The Morgan fingerprint density at radius 1 is 0.774 bits per heavy atom. The van der Waals surface area contributed by atoms with Gasteiger partial charge in [-0.1, -0.05) is 18.2 Å². The highest BCUT2D eigenvalue weighted by Crippen LogP contribution is 2.28. The van der Waals surface area contributed by atoms with Crippen LogP contribution < -0.4 is 25.7 Å². The van der Waals surface area contributed by atoms with Gasteiger partial charge in [0.1, 0.15) is 17.2 Å². The summed E-state index contributed by atoms with van der Waals surface area (Å²) in [5.74, 6) is -0.0212. The normalized spacial score (nSPS) is 10.1. The minimum atomic E-state index is -0.680. The Morgan fingerprint density at radius 2 is 1.42 bits per heavy atom. The summed E-state index contributed by atoms with van der Waals surface area (Å²) in [6.07, 6.45) is 0. The molecule has 0 unspecified atom stereocenters. The molecule has 3 aromatic carbocycles. The van der Waals surface area contributed by atoms with E-state index in [1.165, 1.54) is 20.3 Å². The monoisotopic (exact) mass is 419 g/mol. The maximum absolute atomic E-state index is 13.2. The number of aliphatic imine (C=N–C) groups is 1. The first-order chi connectivity index (χ1) is 14.9. The van der Waals surface area contributed by atoms with E-state index in [0.717, 1.165) is 0 Å². The van der Waals surface area contributed by atoms with Crippen LogP contribution in [0, 0.1) is 0 Å². The van der Waals surface area contributed by atoms with Gasteiger partial charge in [0.2, 0.25) is 0 Å². The van der Waals surface area contributed by atoms with Crippen molar-refractivity contribution in [3.8, 4) is 17.2 Å². The zero-order valence-electron chi connectivity index (χ0n) is 17.0. The lowest BCUT2D eigenvalue weighted by Crippen LogP contribution is -2.21. The lowest BCUT2D eigenvalue weighted by molar-refractivity contribution is 0.0730. The molecule has 0 radical (unpaired) electrons. The first-order valence-corrected chi connectivity index (χ1v) is 9.20. The van der Waals surface area contributed by atoms with Gasteiger partial charge >= 0.3 is 5.97 Å². The van der Waals surface area contributed by atoms with Crippen molar-refractivity contribution in [2.45, 2.75) is 0 Å². The second-order valence-electron chi connectivity index (χ2n) is 6.36. The topological polar surface area (TPSA) is 126 Å². The summed E-state index contributed by atoms with van der Waals surface area (Å²) in [5.41, 5.74) is 11.8. The second-order valence-corrected chi connectivity index (χ2v) is 6.36. The van der Waals surface area contributed by atoms with Gasteiger partial charge in [0.25, 0.3) is 0 Å². The number of hydrogen-bond acceptors (Lipinski definition) is 6. The maximum atomic E-state index is 13.2. The first kappa shape index (κ1) is 21.4. The average Bonchev–Trinajstić information content (AvgIpc) is 2.79. The van der Waals surface area contributed by atoms with E-state index in [4.69, 9.17) is 25.7 Å². The van der Waals surface area contributed by atoms with Crippen LogP contribution in [0.3, 0.4) is 0 Å². The molecule has 0 aromatic heterocycles. The van der Waals surface area contributed by atoms with E-state index in [2.05, 4.69) is 4.99 Å². The van der Waals surface area contributed by atoms with Crippen molar-refractivity contribution in [2.24, 2.45) is 16.5 Å². The number of carbonyl (C=O) groups excluding carboxylic acids is 2. The zero-order valence-corrected chi connectivity index (χ0v) is 17.0. The van der Waals surface area contributed by atoms with Crippen LogP contribution in [0.15, 0.2) is 71.7 Å². The molecule has 0 fully saturated rings. The van der Waals surface area contributed by atoms with Gasteiger partial charge in [-0.3, -0.25) is 4.79 Å². The molecule has 8 nitrogen and oxygen atoms in total. The van der Waals surface area contributed by atoms with Gasteiger partial charge in [0.15, 0.2) is 11.7 Å². The van der Waals surface area contributed by atoms with Crippen LogP contribution in [0.5, 0.6) is 17.2 Å². The average molecular weight is 419 g/mol. The van der Waals surface area contributed by atoms with Crippen LogP contribution in [0.25, 0.3) is 0 Å². The third-order valence-electron chi connectivity index (χ3n) is 4.35. The van der Waals surface area contributed by atoms with Crippen LogP contribution >= 0.6 is 0 Å². The highest BCUT2D eigenvalue weighted by molar-refractivity contribution is 6.16. The van der Waals surface area contributed by atoms with Crippen LogP contribution in [0.4, 0.5) is 5.69 Å². The van der Waals surface area contributed by atoms with Crippen LogP contribution in [-0.2, 0) is 0 Å². The summed E-state index contributed by atoms with van der Waals surface area (Å²) in [7, 11) is 2.96. The molecule has 3 rings (SSSR count). The minimum absolute atomic E-state index is 0.0786. The smallest absolute Gasteiger partial charge is 0.344 e. The number of hydrogen-bond donors (Lipinski definition) is 2. The van der Waals surface area contributed by atoms with Gasteiger partial charge in [-0.25, -0.2) is 9.79 Å². The largest absolute Gasteiger partial charge is 0.497 e. The highest BCUT2D eigenvalue weighted by atomic mass is 16.5. The first-order valence-electron chi connectivity index (χ1n) is 9.20. The Hall–Kier alpha value is -4.33. The molecule has 0 heterocycles. The molecule has 0 bridgehead atoms. The van der Waals surface area contributed by atoms with E-state index in [-0.39, 0.29) is 28.4 Å². The Balaban J connectivity index is 1.90. The lowest BCUT2D eigenvalue weighted by atomic mass is 9.97. The van der Waals surface area contributed by atoms with E-state index >= 15 is 0 Å². The summed E-state index contributed by atoms with van der Waals surface area (Å²) >= 11 is 0. The fourth-order valence-electron chi connectivity index (χ4n) is 2.90. The van der Waals surface area contributed by atoms with Gasteiger partial charge in [0, 0.05) is 5.56 Å². The number of ether oxygens (including phenoxy) is 3. The van der Waals surface area contributed by atoms with Crippen molar-refractivity contribution in [3.63, 3.8) is 0 Å². The Labute approximate surface area is 179 Å². The van der Waals surface area contributed by atoms with Crippen molar-refractivity contribution in [1.29, 1.82) is 0 Å². The lowest BCUT2D eigenvalue weighted by Gasteiger charge is -2.12. The summed E-state index contributed by atoms with van der Waals surface area (Å²) in [5, 5.41) is 0. The highest BCUT2D eigenvalue weighted by Gasteiger charge is 2.22. The molecule has 0 spiro atoms. The summed E-state index contributed by atoms with van der Waals surface area (Å²) in [4.78, 5) is 30.0. The number of nitrogens with two attached hydrogens (primary N) is 2. The molecule has 0 aliphatic rings.